The Morgan fingerprint density at radius 2 is 1.71 bits per heavy atom. The lowest BCUT2D eigenvalue weighted by atomic mass is 10.2. The minimum atomic E-state index is -0.720. The summed E-state index contributed by atoms with van der Waals surface area (Å²) in [5, 5.41) is 34.1. The van der Waals surface area contributed by atoms with Crippen LogP contribution in [0.2, 0.25) is 0 Å². The zero-order valence-electron chi connectivity index (χ0n) is 10.9. The highest BCUT2D eigenvalue weighted by Gasteiger charge is 2.20. The molecule has 0 aromatic heterocycles. The molecule has 0 spiro atoms. The van der Waals surface area contributed by atoms with E-state index in [9.17, 15) is 25.3 Å². The maximum atomic E-state index is 11.0. The maximum absolute atomic E-state index is 11.0. The number of hydrogen-bond acceptors (Lipinski definition) is 6. The van der Waals surface area contributed by atoms with Gasteiger partial charge in [0.05, 0.1) is 21.6 Å². The predicted molar refractivity (Wildman–Crippen MR) is 75.9 cm³/mol. The first kappa shape index (κ1) is 14.3. The van der Waals surface area contributed by atoms with Crippen LogP contribution in [0.1, 0.15) is 5.56 Å². The third kappa shape index (κ3) is 3.06. The number of anilines is 2. The summed E-state index contributed by atoms with van der Waals surface area (Å²) in [6, 6.07) is 8.01. The molecule has 0 unspecified atom stereocenters. The lowest BCUT2D eigenvalue weighted by Crippen LogP contribution is -1.99. The predicted octanol–water partition coefficient (Wildman–Crippen LogP) is 3.26. The van der Waals surface area contributed by atoms with Crippen molar-refractivity contribution >= 4 is 22.7 Å². The van der Waals surface area contributed by atoms with E-state index >= 15 is 0 Å². The van der Waals surface area contributed by atoms with Crippen LogP contribution in [0.25, 0.3) is 0 Å². The van der Waals surface area contributed by atoms with Crippen molar-refractivity contribution < 1.29 is 15.0 Å². The van der Waals surface area contributed by atoms with Gasteiger partial charge in [-0.3, -0.25) is 20.2 Å². The number of hydrogen-bond donors (Lipinski definition) is 2. The summed E-state index contributed by atoms with van der Waals surface area (Å²) in [6.07, 6.45) is 0. The van der Waals surface area contributed by atoms with Crippen molar-refractivity contribution in [3.8, 4) is 5.75 Å². The molecule has 0 amide bonds. The molecule has 0 aliphatic carbocycles. The molecule has 0 bridgehead atoms. The molecular formula is C13H11N3O5. The molecule has 2 rings (SSSR count). The van der Waals surface area contributed by atoms with E-state index in [1.165, 1.54) is 12.1 Å². The van der Waals surface area contributed by atoms with Crippen LogP contribution in [0, 0.1) is 27.2 Å². The molecule has 0 aliphatic heterocycles. The Morgan fingerprint density at radius 1 is 1.00 bits per heavy atom. The van der Waals surface area contributed by atoms with E-state index in [-0.39, 0.29) is 22.8 Å². The first-order valence-electron chi connectivity index (χ1n) is 5.88. The van der Waals surface area contributed by atoms with Crippen LogP contribution in [0.4, 0.5) is 22.7 Å². The van der Waals surface area contributed by atoms with Crippen molar-refractivity contribution in [1.29, 1.82) is 0 Å². The third-order valence-electron chi connectivity index (χ3n) is 2.81. The zero-order valence-corrected chi connectivity index (χ0v) is 10.9. The summed E-state index contributed by atoms with van der Waals surface area (Å²) in [5.74, 6) is -0.0757. The number of phenols is 1. The van der Waals surface area contributed by atoms with Gasteiger partial charge in [0, 0.05) is 6.07 Å². The molecule has 108 valence electrons. The van der Waals surface area contributed by atoms with Crippen molar-refractivity contribution in [2.75, 3.05) is 5.32 Å². The van der Waals surface area contributed by atoms with Gasteiger partial charge in [-0.2, -0.15) is 0 Å². The van der Waals surface area contributed by atoms with Crippen LogP contribution >= 0.6 is 0 Å². The molecule has 2 aromatic rings. The van der Waals surface area contributed by atoms with E-state index in [1.807, 2.05) is 0 Å². The molecule has 2 aromatic carbocycles. The maximum Gasteiger partial charge on any atom is 0.299 e. The standard InChI is InChI=1S/C13H11N3O5/c1-8-2-5-13(17)11(6-8)14-10-4-3-9(15(18)19)7-12(10)16(20)21/h2-7,14,17H,1H3. The number of nitro groups is 2. The third-order valence-corrected chi connectivity index (χ3v) is 2.81. The summed E-state index contributed by atoms with van der Waals surface area (Å²) in [6.45, 7) is 1.80. The number of nitrogens with zero attached hydrogens (tertiary/aromatic N) is 2. The van der Waals surface area contributed by atoms with Crippen LogP contribution in [0.3, 0.4) is 0 Å². The van der Waals surface area contributed by atoms with Crippen LogP contribution in [-0.2, 0) is 0 Å². The first-order valence-corrected chi connectivity index (χ1v) is 5.88. The van der Waals surface area contributed by atoms with Crippen molar-refractivity contribution in [2.45, 2.75) is 6.92 Å². The Balaban J connectivity index is 2.46. The summed E-state index contributed by atoms with van der Waals surface area (Å²) < 4.78 is 0. The van der Waals surface area contributed by atoms with Gasteiger partial charge in [0.25, 0.3) is 11.4 Å². The molecule has 21 heavy (non-hydrogen) atoms. The van der Waals surface area contributed by atoms with Crippen LogP contribution in [-0.4, -0.2) is 15.0 Å². The van der Waals surface area contributed by atoms with E-state index < -0.39 is 15.5 Å². The number of aryl methyl sites for hydroxylation is 1. The molecule has 0 atom stereocenters. The number of phenolic OH excluding ortho intramolecular Hbond substituents is 1. The summed E-state index contributed by atoms with van der Waals surface area (Å²) in [5.41, 5.74) is 0.379. The van der Waals surface area contributed by atoms with E-state index in [1.54, 1.807) is 19.1 Å². The quantitative estimate of drug-likeness (QED) is 0.506. The highest BCUT2D eigenvalue weighted by Crippen LogP contribution is 2.34. The number of aromatic hydroxyl groups is 1. The fourth-order valence-electron chi connectivity index (χ4n) is 1.79. The van der Waals surface area contributed by atoms with Gasteiger partial charge in [-0.15, -0.1) is 0 Å². The second-order valence-corrected chi connectivity index (χ2v) is 4.36. The number of nitro benzene ring substituents is 2. The number of nitrogens with one attached hydrogen (secondary N) is 1. The van der Waals surface area contributed by atoms with E-state index in [2.05, 4.69) is 5.32 Å². The van der Waals surface area contributed by atoms with Crippen LogP contribution in [0.5, 0.6) is 5.75 Å². The summed E-state index contributed by atoms with van der Waals surface area (Å²) >= 11 is 0. The van der Waals surface area contributed by atoms with Crippen LogP contribution in [0.15, 0.2) is 36.4 Å². The SMILES string of the molecule is Cc1ccc(O)c(Nc2ccc([N+](=O)[O-])cc2[N+](=O)[O-])c1. The number of rotatable bonds is 4. The molecule has 0 aliphatic rings. The number of benzene rings is 2. The topological polar surface area (TPSA) is 119 Å². The molecule has 0 saturated carbocycles. The molecule has 0 saturated heterocycles. The lowest BCUT2D eigenvalue weighted by molar-refractivity contribution is -0.393. The van der Waals surface area contributed by atoms with Gasteiger partial charge in [-0.25, -0.2) is 0 Å². The minimum Gasteiger partial charge on any atom is -0.506 e. The van der Waals surface area contributed by atoms with Gasteiger partial charge >= 0.3 is 0 Å². The van der Waals surface area contributed by atoms with Crippen LogP contribution < -0.4 is 5.32 Å². The summed E-state index contributed by atoms with van der Waals surface area (Å²) in [7, 11) is 0. The van der Waals surface area contributed by atoms with Gasteiger partial charge in [0.2, 0.25) is 0 Å². The largest absolute Gasteiger partial charge is 0.506 e. The lowest BCUT2D eigenvalue weighted by Gasteiger charge is -2.09. The Bertz CT molecular complexity index is 730. The van der Waals surface area contributed by atoms with Gasteiger partial charge in [0.15, 0.2) is 0 Å². The Labute approximate surface area is 119 Å². The zero-order chi connectivity index (χ0) is 15.6. The van der Waals surface area contributed by atoms with Crippen molar-refractivity contribution in [1.82, 2.24) is 0 Å². The van der Waals surface area contributed by atoms with Gasteiger partial charge in [-0.05, 0) is 30.7 Å². The Morgan fingerprint density at radius 3 is 2.33 bits per heavy atom. The number of non-ortho nitro benzene ring substituents is 1. The first-order chi connectivity index (χ1) is 9.88. The highest BCUT2D eigenvalue weighted by atomic mass is 16.6. The molecule has 8 heteroatoms. The average molecular weight is 289 g/mol. The van der Waals surface area contributed by atoms with Gasteiger partial charge < -0.3 is 10.4 Å². The molecule has 0 radical (unpaired) electrons. The van der Waals surface area contributed by atoms with E-state index in [0.29, 0.717) is 0 Å². The van der Waals surface area contributed by atoms with E-state index in [0.717, 1.165) is 17.7 Å². The molecule has 0 fully saturated rings. The molecular weight excluding hydrogens is 278 g/mol. The Kier molecular flexibility index (Phi) is 3.70. The molecule has 0 heterocycles. The smallest absolute Gasteiger partial charge is 0.299 e. The van der Waals surface area contributed by atoms with Gasteiger partial charge in [-0.1, -0.05) is 6.07 Å². The van der Waals surface area contributed by atoms with Crippen molar-refractivity contribution in [2.24, 2.45) is 0 Å². The fraction of sp³-hybridized carbons (Fsp3) is 0.0769. The Hall–Kier alpha value is -3.16. The minimum absolute atomic E-state index is 0.0616. The van der Waals surface area contributed by atoms with Crippen molar-refractivity contribution in [3.63, 3.8) is 0 Å². The normalized spacial score (nSPS) is 10.1. The summed E-state index contributed by atoms with van der Waals surface area (Å²) in [4.78, 5) is 20.3. The second kappa shape index (κ2) is 5.45. The molecule has 2 N–H and O–H groups in total. The van der Waals surface area contributed by atoms with Gasteiger partial charge in [0.1, 0.15) is 11.4 Å². The van der Waals surface area contributed by atoms with E-state index in [4.69, 9.17) is 0 Å². The molecule has 8 nitrogen and oxygen atoms in total. The van der Waals surface area contributed by atoms with Crippen molar-refractivity contribution in [3.05, 3.63) is 62.2 Å². The monoisotopic (exact) mass is 289 g/mol. The average Bonchev–Trinajstić information content (AvgIpc) is 2.42. The highest BCUT2D eigenvalue weighted by molar-refractivity contribution is 5.74. The fourth-order valence-corrected chi connectivity index (χ4v) is 1.79. The second-order valence-electron chi connectivity index (χ2n) is 4.36.